The molecule has 0 radical (unpaired) electrons. The first-order valence-corrected chi connectivity index (χ1v) is 8.88. The number of hydrogen-bond donors (Lipinski definition) is 1. The summed E-state index contributed by atoms with van der Waals surface area (Å²) in [5, 5.41) is 3.97. The predicted octanol–water partition coefficient (Wildman–Crippen LogP) is 3.56. The first-order chi connectivity index (χ1) is 9.40. The molecule has 1 unspecified atom stereocenters. The second-order valence-electron chi connectivity index (χ2n) is 7.25. The van der Waals surface area contributed by atoms with Crippen LogP contribution in [0.4, 0.5) is 0 Å². The molecule has 1 N–H and O–H groups in total. The van der Waals surface area contributed by atoms with E-state index < -0.39 is 0 Å². The van der Waals surface area contributed by atoms with E-state index in [4.69, 9.17) is 0 Å². The Kier molecular flexibility index (Phi) is 5.17. The topological polar surface area (TPSA) is 15.3 Å². The summed E-state index contributed by atoms with van der Waals surface area (Å²) in [4.78, 5) is 2.76. The predicted molar refractivity (Wildman–Crippen MR) is 81.4 cm³/mol. The van der Waals surface area contributed by atoms with Crippen molar-refractivity contribution in [1.82, 2.24) is 10.2 Å². The van der Waals surface area contributed by atoms with Gasteiger partial charge in [-0.2, -0.15) is 0 Å². The number of piperidine rings is 1. The lowest BCUT2D eigenvalue weighted by Gasteiger charge is -2.37. The van der Waals surface area contributed by atoms with E-state index in [2.05, 4.69) is 10.2 Å². The van der Waals surface area contributed by atoms with Crippen molar-refractivity contribution in [3.63, 3.8) is 0 Å². The largest absolute Gasteiger partial charge is 0.310 e. The fourth-order valence-electron chi connectivity index (χ4n) is 4.52. The van der Waals surface area contributed by atoms with Gasteiger partial charge in [-0.25, -0.2) is 0 Å². The van der Waals surface area contributed by atoms with Gasteiger partial charge >= 0.3 is 0 Å². The molecule has 110 valence electrons. The van der Waals surface area contributed by atoms with Crippen LogP contribution in [0.25, 0.3) is 0 Å². The molecule has 0 amide bonds. The second kappa shape index (κ2) is 7.08. The Morgan fingerprint density at radius 3 is 2.21 bits per heavy atom. The van der Waals surface area contributed by atoms with Crippen LogP contribution in [0.3, 0.4) is 0 Å². The zero-order valence-corrected chi connectivity index (χ0v) is 12.6. The summed E-state index contributed by atoms with van der Waals surface area (Å²) in [6.45, 7) is 4.08. The Balaban J connectivity index is 1.41. The molecular formula is C17H32N2. The third kappa shape index (κ3) is 4.19. The summed E-state index contributed by atoms with van der Waals surface area (Å²) in [5.41, 5.74) is 0. The third-order valence-electron chi connectivity index (χ3n) is 5.57. The highest BCUT2D eigenvalue weighted by atomic mass is 15.2. The number of likely N-dealkylation sites (tertiary alicyclic amines) is 1. The average Bonchev–Trinajstić information content (AvgIpc) is 2.93. The molecule has 0 aromatic rings. The minimum atomic E-state index is 0.790. The van der Waals surface area contributed by atoms with E-state index in [0.717, 1.165) is 18.0 Å². The zero-order valence-electron chi connectivity index (χ0n) is 12.6. The van der Waals surface area contributed by atoms with Gasteiger partial charge in [0.25, 0.3) is 0 Å². The van der Waals surface area contributed by atoms with Crippen LogP contribution in [0.5, 0.6) is 0 Å². The van der Waals surface area contributed by atoms with E-state index in [1.807, 2.05) is 0 Å². The van der Waals surface area contributed by atoms with Crippen LogP contribution in [-0.2, 0) is 0 Å². The molecule has 3 fully saturated rings. The van der Waals surface area contributed by atoms with Crippen molar-refractivity contribution in [2.24, 2.45) is 5.92 Å². The monoisotopic (exact) mass is 264 g/mol. The van der Waals surface area contributed by atoms with E-state index in [0.29, 0.717) is 0 Å². The van der Waals surface area contributed by atoms with Crippen molar-refractivity contribution in [3.8, 4) is 0 Å². The van der Waals surface area contributed by atoms with Crippen LogP contribution in [-0.4, -0.2) is 36.6 Å². The Bertz CT molecular complexity index is 254. The standard InChI is InChI=1S/C17H32N2/c1-2-9-16(10-3-1)18-17-11-6-12-19(14-17)13-15-7-4-5-8-15/h15-18H,1-14H2. The van der Waals surface area contributed by atoms with Gasteiger partial charge in [0.05, 0.1) is 0 Å². The molecular weight excluding hydrogens is 232 g/mol. The maximum absolute atomic E-state index is 3.97. The SMILES string of the molecule is C1CCC(NC2CCCN(CC3CCCC3)C2)CC1. The molecule has 1 heterocycles. The van der Waals surface area contributed by atoms with Crippen LogP contribution >= 0.6 is 0 Å². The Labute approximate surface area is 119 Å². The number of rotatable bonds is 4. The molecule has 0 aromatic carbocycles. The lowest BCUT2D eigenvalue weighted by Crippen LogP contribution is -2.50. The highest BCUT2D eigenvalue weighted by molar-refractivity contribution is 4.84. The second-order valence-corrected chi connectivity index (χ2v) is 7.25. The lowest BCUT2D eigenvalue weighted by molar-refractivity contribution is 0.155. The van der Waals surface area contributed by atoms with Gasteiger partial charge in [-0.05, 0) is 51.0 Å². The van der Waals surface area contributed by atoms with Crippen molar-refractivity contribution in [3.05, 3.63) is 0 Å². The number of nitrogens with one attached hydrogen (secondary N) is 1. The van der Waals surface area contributed by atoms with Gasteiger partial charge in [-0.15, -0.1) is 0 Å². The summed E-state index contributed by atoms with van der Waals surface area (Å²) in [6, 6.07) is 1.63. The number of hydrogen-bond acceptors (Lipinski definition) is 2. The maximum atomic E-state index is 3.97. The quantitative estimate of drug-likeness (QED) is 0.835. The average molecular weight is 264 g/mol. The van der Waals surface area contributed by atoms with Gasteiger partial charge in [0, 0.05) is 25.2 Å². The first kappa shape index (κ1) is 13.9. The van der Waals surface area contributed by atoms with Crippen LogP contribution in [0.1, 0.15) is 70.6 Å². The fraction of sp³-hybridized carbons (Fsp3) is 1.00. The van der Waals surface area contributed by atoms with Crippen molar-refractivity contribution in [2.75, 3.05) is 19.6 Å². The Hall–Kier alpha value is -0.0800. The lowest BCUT2D eigenvalue weighted by atomic mass is 9.93. The smallest absolute Gasteiger partial charge is 0.0198 e. The van der Waals surface area contributed by atoms with Crippen LogP contribution in [0, 0.1) is 5.92 Å². The van der Waals surface area contributed by atoms with Gasteiger partial charge in [0.2, 0.25) is 0 Å². The molecule has 19 heavy (non-hydrogen) atoms. The Morgan fingerprint density at radius 2 is 1.42 bits per heavy atom. The molecule has 1 aliphatic heterocycles. The summed E-state index contributed by atoms with van der Waals surface area (Å²) in [7, 11) is 0. The van der Waals surface area contributed by atoms with Crippen molar-refractivity contribution in [2.45, 2.75) is 82.7 Å². The van der Waals surface area contributed by atoms with Crippen molar-refractivity contribution in [1.29, 1.82) is 0 Å². The highest BCUT2D eigenvalue weighted by Gasteiger charge is 2.25. The van der Waals surface area contributed by atoms with E-state index >= 15 is 0 Å². The summed E-state index contributed by atoms with van der Waals surface area (Å²) in [6.07, 6.45) is 16.0. The number of nitrogens with zero attached hydrogens (tertiary/aromatic N) is 1. The van der Waals surface area contributed by atoms with E-state index in [1.54, 1.807) is 0 Å². The minimum Gasteiger partial charge on any atom is -0.310 e. The Morgan fingerprint density at radius 1 is 0.737 bits per heavy atom. The van der Waals surface area contributed by atoms with Crippen LogP contribution in [0.15, 0.2) is 0 Å². The van der Waals surface area contributed by atoms with Gasteiger partial charge in [0.15, 0.2) is 0 Å². The van der Waals surface area contributed by atoms with Crippen molar-refractivity contribution >= 4 is 0 Å². The van der Waals surface area contributed by atoms with Gasteiger partial charge in [-0.3, -0.25) is 0 Å². The molecule has 3 rings (SSSR count). The molecule has 2 aliphatic carbocycles. The molecule has 2 nitrogen and oxygen atoms in total. The van der Waals surface area contributed by atoms with Gasteiger partial charge < -0.3 is 10.2 Å². The molecule has 1 atom stereocenters. The van der Waals surface area contributed by atoms with Gasteiger partial charge in [-0.1, -0.05) is 32.1 Å². The molecule has 2 heteroatoms. The molecule has 0 spiro atoms. The summed E-state index contributed by atoms with van der Waals surface area (Å²) in [5.74, 6) is 1.02. The summed E-state index contributed by atoms with van der Waals surface area (Å²) >= 11 is 0. The van der Waals surface area contributed by atoms with E-state index in [9.17, 15) is 0 Å². The molecule has 2 saturated carbocycles. The van der Waals surface area contributed by atoms with E-state index in [1.165, 1.54) is 90.3 Å². The van der Waals surface area contributed by atoms with Crippen LogP contribution < -0.4 is 5.32 Å². The maximum Gasteiger partial charge on any atom is 0.0198 e. The summed E-state index contributed by atoms with van der Waals surface area (Å²) < 4.78 is 0. The zero-order chi connectivity index (χ0) is 12.9. The molecule has 1 saturated heterocycles. The van der Waals surface area contributed by atoms with Gasteiger partial charge in [0.1, 0.15) is 0 Å². The minimum absolute atomic E-state index is 0.790. The third-order valence-corrected chi connectivity index (χ3v) is 5.57. The van der Waals surface area contributed by atoms with E-state index in [-0.39, 0.29) is 0 Å². The first-order valence-electron chi connectivity index (χ1n) is 8.88. The molecule has 3 aliphatic rings. The highest BCUT2D eigenvalue weighted by Crippen LogP contribution is 2.27. The van der Waals surface area contributed by atoms with Crippen LogP contribution in [0.2, 0.25) is 0 Å². The normalized spacial score (nSPS) is 31.9. The van der Waals surface area contributed by atoms with Crippen molar-refractivity contribution < 1.29 is 0 Å². The molecule has 0 aromatic heterocycles. The fourth-order valence-corrected chi connectivity index (χ4v) is 4.52. The molecule has 0 bridgehead atoms.